The summed E-state index contributed by atoms with van der Waals surface area (Å²) in [7, 11) is 0. The first-order valence-corrected chi connectivity index (χ1v) is 9.71. The number of benzene rings is 2. The molecule has 0 aliphatic rings. The van der Waals surface area contributed by atoms with Crippen LogP contribution in [0.2, 0.25) is 0 Å². The smallest absolute Gasteiger partial charge is 0.276 e. The summed E-state index contributed by atoms with van der Waals surface area (Å²) < 4.78 is 16.2. The molecule has 2 aromatic rings. The number of hydrogen-bond acceptors (Lipinski definition) is 6. The number of amides is 2. The van der Waals surface area contributed by atoms with Crippen LogP contribution in [-0.2, 0) is 9.59 Å². The molecule has 2 amide bonds. The predicted octanol–water partition coefficient (Wildman–Crippen LogP) is 2.67. The second-order valence-corrected chi connectivity index (χ2v) is 6.15. The Labute approximate surface area is 175 Å². The summed E-state index contributed by atoms with van der Waals surface area (Å²) in [4.78, 5) is 35.9. The van der Waals surface area contributed by atoms with Gasteiger partial charge in [0.15, 0.2) is 23.9 Å². The van der Waals surface area contributed by atoms with Gasteiger partial charge < -0.3 is 14.2 Å². The van der Waals surface area contributed by atoms with Gasteiger partial charge in [0.25, 0.3) is 5.91 Å². The number of ketones is 1. The Morgan fingerprint density at radius 2 is 1.33 bits per heavy atom. The van der Waals surface area contributed by atoms with Gasteiger partial charge in [0.2, 0.25) is 5.91 Å². The van der Waals surface area contributed by atoms with Gasteiger partial charge in [-0.05, 0) is 50.2 Å². The van der Waals surface area contributed by atoms with Crippen LogP contribution in [0.4, 0.5) is 0 Å². The quantitative estimate of drug-likeness (QED) is 0.433. The van der Waals surface area contributed by atoms with Crippen molar-refractivity contribution in [3.05, 3.63) is 54.1 Å². The summed E-state index contributed by atoms with van der Waals surface area (Å²) in [6.07, 6.45) is -0.0335. The van der Waals surface area contributed by atoms with Crippen LogP contribution in [0.25, 0.3) is 0 Å². The molecule has 2 rings (SSSR count). The van der Waals surface area contributed by atoms with Crippen molar-refractivity contribution in [3.63, 3.8) is 0 Å². The van der Waals surface area contributed by atoms with Crippen LogP contribution in [0.3, 0.4) is 0 Å². The van der Waals surface area contributed by atoms with Crippen LogP contribution in [-0.4, -0.2) is 37.4 Å². The normalized spacial score (nSPS) is 10.1. The predicted molar refractivity (Wildman–Crippen MR) is 111 cm³/mol. The molecule has 0 aliphatic carbocycles. The molecule has 0 aromatic heterocycles. The fraction of sp³-hybridized carbons (Fsp3) is 0.318. The largest absolute Gasteiger partial charge is 0.494 e. The van der Waals surface area contributed by atoms with Gasteiger partial charge in [0.05, 0.1) is 13.2 Å². The van der Waals surface area contributed by atoms with E-state index in [-0.39, 0.29) is 25.2 Å². The zero-order chi connectivity index (χ0) is 21.8. The Hall–Kier alpha value is -3.55. The van der Waals surface area contributed by atoms with E-state index in [1.807, 2.05) is 13.8 Å². The van der Waals surface area contributed by atoms with Crippen LogP contribution in [0.5, 0.6) is 17.2 Å². The number of para-hydroxylation sites is 2. The minimum atomic E-state index is -0.535. The summed E-state index contributed by atoms with van der Waals surface area (Å²) in [5, 5.41) is 0. The number of rotatable bonds is 11. The van der Waals surface area contributed by atoms with Crippen LogP contribution in [0.1, 0.15) is 37.0 Å². The maximum atomic E-state index is 12.2. The molecule has 0 saturated carbocycles. The minimum Gasteiger partial charge on any atom is -0.494 e. The molecule has 8 nitrogen and oxygen atoms in total. The van der Waals surface area contributed by atoms with Gasteiger partial charge in [-0.15, -0.1) is 0 Å². The number of nitrogens with one attached hydrogen (secondary N) is 2. The lowest BCUT2D eigenvalue weighted by atomic mass is 10.1. The van der Waals surface area contributed by atoms with Gasteiger partial charge in [-0.3, -0.25) is 25.2 Å². The van der Waals surface area contributed by atoms with Crippen molar-refractivity contribution in [3.8, 4) is 17.2 Å². The lowest BCUT2D eigenvalue weighted by Crippen LogP contribution is -2.43. The molecule has 0 heterocycles. The van der Waals surface area contributed by atoms with Crippen molar-refractivity contribution in [2.45, 2.75) is 26.7 Å². The zero-order valence-electron chi connectivity index (χ0n) is 17.1. The standard InChI is InChI=1S/C22H26N2O6/c1-3-28-17-11-9-16(10-12-17)18(25)13-14-21(26)23-24-22(27)15-30-20-8-6-5-7-19(20)29-4-2/h5-12H,3-4,13-15H2,1-2H3,(H,23,26)(H,24,27). The van der Waals surface area contributed by atoms with Crippen LogP contribution in [0, 0.1) is 0 Å². The van der Waals surface area contributed by atoms with E-state index in [1.54, 1.807) is 48.5 Å². The van der Waals surface area contributed by atoms with E-state index in [0.717, 1.165) is 0 Å². The number of carbonyl (C=O) groups is 3. The molecule has 0 unspecified atom stereocenters. The Bertz CT molecular complexity index is 851. The summed E-state index contributed by atoms with van der Waals surface area (Å²) in [6, 6.07) is 13.7. The van der Waals surface area contributed by atoms with E-state index < -0.39 is 11.8 Å². The Morgan fingerprint density at radius 1 is 0.733 bits per heavy atom. The van der Waals surface area contributed by atoms with E-state index in [1.165, 1.54) is 0 Å². The van der Waals surface area contributed by atoms with Crippen LogP contribution >= 0.6 is 0 Å². The van der Waals surface area contributed by atoms with Gasteiger partial charge in [0, 0.05) is 18.4 Å². The van der Waals surface area contributed by atoms with Gasteiger partial charge in [0.1, 0.15) is 5.75 Å². The van der Waals surface area contributed by atoms with E-state index in [4.69, 9.17) is 14.2 Å². The number of ether oxygens (including phenoxy) is 3. The third-order valence-electron chi connectivity index (χ3n) is 3.92. The molecule has 30 heavy (non-hydrogen) atoms. The molecule has 0 atom stereocenters. The molecular weight excluding hydrogens is 388 g/mol. The molecule has 0 saturated heterocycles. The molecule has 0 aliphatic heterocycles. The average Bonchev–Trinajstić information content (AvgIpc) is 2.76. The molecule has 0 fully saturated rings. The molecule has 0 spiro atoms. The van der Waals surface area contributed by atoms with Gasteiger partial charge in [-0.2, -0.15) is 0 Å². The van der Waals surface area contributed by atoms with E-state index >= 15 is 0 Å². The minimum absolute atomic E-state index is 0.0217. The highest BCUT2D eigenvalue weighted by Gasteiger charge is 2.11. The van der Waals surface area contributed by atoms with Crippen molar-refractivity contribution in [2.24, 2.45) is 0 Å². The summed E-state index contributed by atoms with van der Waals surface area (Å²) in [6.45, 7) is 4.44. The summed E-state index contributed by atoms with van der Waals surface area (Å²) in [5.74, 6) is 0.465. The fourth-order valence-corrected chi connectivity index (χ4v) is 2.50. The molecule has 0 radical (unpaired) electrons. The monoisotopic (exact) mass is 414 g/mol. The van der Waals surface area contributed by atoms with Crippen molar-refractivity contribution in [1.82, 2.24) is 10.9 Å². The number of hydrogen-bond donors (Lipinski definition) is 2. The van der Waals surface area contributed by atoms with Gasteiger partial charge in [-0.1, -0.05) is 12.1 Å². The second kappa shape index (κ2) is 12.1. The van der Waals surface area contributed by atoms with E-state index in [2.05, 4.69) is 10.9 Å². The van der Waals surface area contributed by atoms with Crippen LogP contribution < -0.4 is 25.1 Å². The summed E-state index contributed by atoms with van der Waals surface area (Å²) >= 11 is 0. The molecule has 8 heteroatoms. The second-order valence-electron chi connectivity index (χ2n) is 6.15. The SMILES string of the molecule is CCOc1ccc(C(=O)CCC(=O)NNC(=O)COc2ccccc2OCC)cc1. The third kappa shape index (κ3) is 7.46. The first-order chi connectivity index (χ1) is 14.5. The maximum absolute atomic E-state index is 12.2. The van der Waals surface area contributed by atoms with Gasteiger partial charge >= 0.3 is 0 Å². The van der Waals surface area contributed by atoms with E-state index in [9.17, 15) is 14.4 Å². The lowest BCUT2D eigenvalue weighted by Gasteiger charge is -2.12. The Kier molecular flexibility index (Phi) is 9.18. The van der Waals surface area contributed by atoms with Crippen LogP contribution in [0.15, 0.2) is 48.5 Å². The topological polar surface area (TPSA) is 103 Å². The third-order valence-corrected chi connectivity index (χ3v) is 3.92. The first-order valence-electron chi connectivity index (χ1n) is 9.71. The molecule has 2 N–H and O–H groups in total. The Balaban J connectivity index is 1.70. The van der Waals surface area contributed by atoms with Crippen molar-refractivity contribution >= 4 is 17.6 Å². The lowest BCUT2D eigenvalue weighted by molar-refractivity contribution is -0.130. The zero-order valence-corrected chi connectivity index (χ0v) is 17.1. The van der Waals surface area contributed by atoms with Crippen molar-refractivity contribution in [1.29, 1.82) is 0 Å². The summed E-state index contributed by atoms with van der Waals surface area (Å²) in [5.41, 5.74) is 5.02. The maximum Gasteiger partial charge on any atom is 0.276 e. The molecule has 2 aromatic carbocycles. The highest BCUT2D eigenvalue weighted by Crippen LogP contribution is 2.26. The van der Waals surface area contributed by atoms with Crippen molar-refractivity contribution in [2.75, 3.05) is 19.8 Å². The number of carbonyl (C=O) groups excluding carboxylic acids is 3. The molecular formula is C22H26N2O6. The highest BCUT2D eigenvalue weighted by molar-refractivity contribution is 5.98. The number of hydrazine groups is 1. The van der Waals surface area contributed by atoms with E-state index in [0.29, 0.717) is 36.0 Å². The number of Topliss-reactive ketones (excluding diaryl/α,β-unsaturated/α-hetero) is 1. The first kappa shape index (κ1) is 22.7. The molecule has 0 bridgehead atoms. The highest BCUT2D eigenvalue weighted by atomic mass is 16.5. The fourth-order valence-electron chi connectivity index (χ4n) is 2.50. The average molecular weight is 414 g/mol. The molecule has 160 valence electrons. The van der Waals surface area contributed by atoms with Gasteiger partial charge in [-0.25, -0.2) is 0 Å². The van der Waals surface area contributed by atoms with Crippen molar-refractivity contribution < 1.29 is 28.6 Å². The Morgan fingerprint density at radius 3 is 1.97 bits per heavy atom.